The van der Waals surface area contributed by atoms with Crippen molar-refractivity contribution in [3.8, 4) is 12.1 Å². The van der Waals surface area contributed by atoms with Crippen molar-refractivity contribution >= 4 is 0 Å². The summed E-state index contributed by atoms with van der Waals surface area (Å²) in [6.07, 6.45) is 0.488. The zero-order valence-electron chi connectivity index (χ0n) is 15.0. The topological polar surface area (TPSA) is 91.4 Å². The third kappa shape index (κ3) is 4.76. The van der Waals surface area contributed by atoms with E-state index in [0.717, 1.165) is 4.70 Å². The van der Waals surface area contributed by atoms with Crippen molar-refractivity contribution < 1.29 is 14.2 Å². The summed E-state index contributed by atoms with van der Waals surface area (Å²) < 4.78 is 11.6. The highest BCUT2D eigenvalue weighted by Gasteiger charge is 2.50. The van der Waals surface area contributed by atoms with E-state index in [-0.39, 0.29) is 12.8 Å². The van der Waals surface area contributed by atoms with Crippen LogP contribution >= 0.6 is 0 Å². The second kappa shape index (κ2) is 6.73. The third-order valence-electron chi connectivity index (χ3n) is 4.06. The van der Waals surface area contributed by atoms with Gasteiger partial charge in [0.25, 0.3) is 0 Å². The third-order valence-corrected chi connectivity index (χ3v) is 4.06. The first-order chi connectivity index (χ1) is 9.81. The van der Waals surface area contributed by atoms with E-state index in [0.29, 0.717) is 0 Å². The van der Waals surface area contributed by atoms with E-state index in [9.17, 15) is 16.1 Å². The van der Waals surface area contributed by atoms with Crippen LogP contribution in [0.15, 0.2) is 0 Å². The lowest BCUT2D eigenvalue weighted by Crippen LogP contribution is -2.54. The van der Waals surface area contributed by atoms with Gasteiger partial charge in [-0.15, -0.1) is 0 Å². The lowest BCUT2D eigenvalue weighted by molar-refractivity contribution is -0.667. The van der Waals surface area contributed by atoms with Crippen LogP contribution in [0.25, 0.3) is 5.53 Å². The molecule has 0 aromatic rings. The first-order valence-electron chi connectivity index (χ1n) is 7.23. The summed E-state index contributed by atoms with van der Waals surface area (Å²) in [5, 5.41) is 19.2. The Morgan fingerprint density at radius 1 is 0.818 bits per heavy atom. The van der Waals surface area contributed by atoms with E-state index in [1.165, 1.54) is 0 Å². The van der Waals surface area contributed by atoms with Crippen LogP contribution in [0.5, 0.6) is 0 Å². The van der Waals surface area contributed by atoms with E-state index in [1.807, 2.05) is 27.7 Å². The molecule has 0 saturated heterocycles. The molecule has 2 unspecified atom stereocenters. The van der Waals surface area contributed by atoms with Gasteiger partial charge in [0.05, 0.1) is 24.0 Å². The van der Waals surface area contributed by atoms with Crippen LogP contribution in [-0.2, 0) is 9.47 Å². The molecule has 0 saturated carbocycles. The highest BCUT2D eigenvalue weighted by Crippen LogP contribution is 2.34. The van der Waals surface area contributed by atoms with Gasteiger partial charge in [-0.2, -0.15) is 10.5 Å². The van der Waals surface area contributed by atoms with Gasteiger partial charge >= 0.3 is 0 Å². The standard InChI is InChI=1S/C16H28N4O2/c1-13(2,21-7)9-15(5,11-17)20(19)16(6,12-18)10-14(3,4)22-8/h9-10H2,1-8H3. The summed E-state index contributed by atoms with van der Waals surface area (Å²) in [5.74, 6) is 0. The zero-order chi connectivity index (χ0) is 17.8. The average molecular weight is 308 g/mol. The van der Waals surface area contributed by atoms with Crippen molar-refractivity contribution in [2.24, 2.45) is 0 Å². The van der Waals surface area contributed by atoms with E-state index >= 15 is 0 Å². The molecule has 0 aliphatic heterocycles. The molecule has 124 valence electrons. The van der Waals surface area contributed by atoms with Crippen LogP contribution in [0.3, 0.4) is 0 Å². The Balaban J connectivity index is 5.66. The molecular formula is C16H28N4O2. The largest absolute Gasteiger partial charge is 0.504 e. The summed E-state index contributed by atoms with van der Waals surface area (Å²) in [6.45, 7) is 10.5. The van der Waals surface area contributed by atoms with Crippen LogP contribution in [0, 0.1) is 22.7 Å². The van der Waals surface area contributed by atoms with E-state index < -0.39 is 22.3 Å². The fourth-order valence-electron chi connectivity index (χ4n) is 2.67. The number of nitriles is 2. The number of hydrogen-bond donors (Lipinski definition) is 0. The van der Waals surface area contributed by atoms with Gasteiger partial charge in [-0.3, -0.25) is 4.70 Å². The van der Waals surface area contributed by atoms with Gasteiger partial charge in [0.15, 0.2) is 0 Å². The molecule has 0 aromatic heterocycles. The van der Waals surface area contributed by atoms with Gasteiger partial charge in [0.2, 0.25) is 11.1 Å². The Bertz CT molecular complexity index is 457. The SMILES string of the molecule is COC(C)(C)CC(C)(C#N)[N+](=[N-])C(C)(C#N)CC(C)(C)OC. The van der Waals surface area contributed by atoms with Crippen LogP contribution in [0.2, 0.25) is 0 Å². The van der Waals surface area contributed by atoms with Gasteiger partial charge < -0.3 is 15.0 Å². The van der Waals surface area contributed by atoms with E-state index in [1.54, 1.807) is 28.1 Å². The van der Waals surface area contributed by atoms with Crippen molar-refractivity contribution in [3.63, 3.8) is 0 Å². The smallest absolute Gasteiger partial charge is 0.238 e. The molecule has 0 radical (unpaired) electrons. The quantitative estimate of drug-likeness (QED) is 0.508. The normalized spacial score (nSPS) is 17.7. The second-order valence-corrected chi connectivity index (χ2v) is 7.36. The summed E-state index contributed by atoms with van der Waals surface area (Å²) in [7, 11) is 3.11. The highest BCUT2D eigenvalue weighted by molar-refractivity contribution is 5.07. The fraction of sp³-hybridized carbons (Fsp3) is 0.875. The molecule has 0 spiro atoms. The molecule has 0 heterocycles. The summed E-state index contributed by atoms with van der Waals surface area (Å²) in [5.41, 5.74) is 6.92. The van der Waals surface area contributed by atoms with Gasteiger partial charge in [-0.25, -0.2) is 0 Å². The first-order valence-corrected chi connectivity index (χ1v) is 7.23. The van der Waals surface area contributed by atoms with Crippen molar-refractivity contribution in [2.75, 3.05) is 14.2 Å². The summed E-state index contributed by atoms with van der Waals surface area (Å²) in [4.78, 5) is 0. The molecule has 0 aliphatic rings. The van der Waals surface area contributed by atoms with Crippen LogP contribution in [0.1, 0.15) is 54.4 Å². The minimum atomic E-state index is -1.27. The van der Waals surface area contributed by atoms with Crippen LogP contribution in [-0.4, -0.2) is 41.2 Å². The van der Waals surface area contributed by atoms with Gasteiger partial charge in [0.1, 0.15) is 12.1 Å². The molecule has 0 fully saturated rings. The molecule has 22 heavy (non-hydrogen) atoms. The maximum atomic E-state index is 10.7. The Morgan fingerprint density at radius 2 is 1.09 bits per heavy atom. The predicted molar refractivity (Wildman–Crippen MR) is 83.1 cm³/mol. The van der Waals surface area contributed by atoms with E-state index in [2.05, 4.69) is 12.1 Å². The molecular weight excluding hydrogens is 280 g/mol. The van der Waals surface area contributed by atoms with Crippen molar-refractivity contribution in [2.45, 2.75) is 76.7 Å². The lowest BCUT2D eigenvalue weighted by Gasteiger charge is -2.39. The second-order valence-electron chi connectivity index (χ2n) is 7.36. The summed E-state index contributed by atoms with van der Waals surface area (Å²) in [6, 6.07) is 4.23. The highest BCUT2D eigenvalue weighted by atomic mass is 16.5. The Labute approximate surface area is 134 Å². The number of nitrogens with zero attached hydrogens (tertiary/aromatic N) is 4. The van der Waals surface area contributed by atoms with Gasteiger partial charge in [0, 0.05) is 28.1 Å². The Morgan fingerprint density at radius 3 is 1.27 bits per heavy atom. The first kappa shape index (κ1) is 20.5. The van der Waals surface area contributed by atoms with Gasteiger partial charge in [-0.05, 0) is 27.7 Å². The maximum absolute atomic E-state index is 10.7. The van der Waals surface area contributed by atoms with Crippen molar-refractivity contribution in [1.29, 1.82) is 10.5 Å². The molecule has 6 heteroatoms. The van der Waals surface area contributed by atoms with Crippen molar-refractivity contribution in [1.82, 2.24) is 0 Å². The average Bonchev–Trinajstić information content (AvgIpc) is 2.45. The maximum Gasteiger partial charge on any atom is 0.238 e. The molecule has 0 rings (SSSR count). The zero-order valence-corrected chi connectivity index (χ0v) is 15.0. The summed E-state index contributed by atoms with van der Waals surface area (Å²) >= 11 is 0. The number of ether oxygens (including phenoxy) is 2. The Hall–Kier alpha value is -1.50. The Kier molecular flexibility index (Phi) is 6.27. The molecule has 0 aromatic carbocycles. The molecule has 2 atom stereocenters. The number of hydrogen-bond acceptors (Lipinski definition) is 4. The fourth-order valence-corrected chi connectivity index (χ4v) is 2.67. The van der Waals surface area contributed by atoms with Crippen LogP contribution < -0.4 is 0 Å². The number of rotatable bonds is 8. The predicted octanol–water partition coefficient (Wildman–Crippen LogP) is 3.22. The molecule has 0 amide bonds. The minimum Gasteiger partial charge on any atom is -0.504 e. The molecule has 0 bridgehead atoms. The minimum absolute atomic E-state index is 0.244. The van der Waals surface area contributed by atoms with E-state index in [4.69, 9.17) is 9.47 Å². The molecule has 0 aliphatic carbocycles. The monoisotopic (exact) mass is 308 g/mol. The lowest BCUT2D eigenvalue weighted by atomic mass is 9.82. The van der Waals surface area contributed by atoms with Crippen LogP contribution in [0.4, 0.5) is 0 Å². The number of methoxy groups -OCH3 is 2. The molecule has 0 N–H and O–H groups in total. The van der Waals surface area contributed by atoms with Crippen molar-refractivity contribution in [3.05, 3.63) is 5.53 Å². The molecule has 6 nitrogen and oxygen atoms in total. The van der Waals surface area contributed by atoms with Gasteiger partial charge in [-0.1, -0.05) is 0 Å².